The first kappa shape index (κ1) is 25.3. The van der Waals surface area contributed by atoms with Gasteiger partial charge >= 0.3 is 7.12 Å². The zero-order chi connectivity index (χ0) is 25.3. The van der Waals surface area contributed by atoms with Gasteiger partial charge in [0, 0.05) is 11.0 Å². The van der Waals surface area contributed by atoms with Gasteiger partial charge in [-0.2, -0.15) is 5.10 Å². The van der Waals surface area contributed by atoms with E-state index in [4.69, 9.17) is 9.31 Å². The molecule has 2 aromatic rings. The Bertz CT molecular complexity index is 1240. The molecule has 2 heterocycles. The average Bonchev–Trinajstić information content (AvgIpc) is 3.02. The number of carbonyl (C=O) groups excluding carboxylic acids is 2. The molecule has 178 valence electrons. The number of fused-ring (bicyclic) bond motifs is 1. The normalized spacial score (nSPS) is 17.6. The number of allylic oxidation sites excluding steroid dienone is 3. The number of hydrogen-bond donors (Lipinski definition) is 1. The van der Waals surface area contributed by atoms with E-state index in [1.165, 1.54) is 6.08 Å². The van der Waals surface area contributed by atoms with E-state index >= 15 is 0 Å². The third kappa shape index (κ3) is 4.67. The first-order valence-electron chi connectivity index (χ1n) is 11.0. The molecule has 1 N–H and O–H groups in total. The summed E-state index contributed by atoms with van der Waals surface area (Å²) in [6.45, 7) is 14.9. The van der Waals surface area contributed by atoms with Gasteiger partial charge in [-0.3, -0.25) is 19.3 Å². The number of hydrogen-bond acceptors (Lipinski definition) is 6. The van der Waals surface area contributed by atoms with Gasteiger partial charge < -0.3 is 9.31 Å². The van der Waals surface area contributed by atoms with Crippen LogP contribution in [0.3, 0.4) is 0 Å². The van der Waals surface area contributed by atoms with E-state index in [9.17, 15) is 14.4 Å². The van der Waals surface area contributed by atoms with Crippen LogP contribution in [0.1, 0.15) is 47.2 Å². The van der Waals surface area contributed by atoms with E-state index in [0.717, 1.165) is 4.90 Å². The fourth-order valence-corrected chi connectivity index (χ4v) is 3.60. The number of aromatic amines is 1. The van der Waals surface area contributed by atoms with Gasteiger partial charge in [0.1, 0.15) is 0 Å². The predicted molar refractivity (Wildman–Crippen MR) is 132 cm³/mol. The van der Waals surface area contributed by atoms with E-state index in [1.54, 1.807) is 44.2 Å². The first-order valence-corrected chi connectivity index (χ1v) is 11.0. The fraction of sp³-hybridized carbons (Fsp3) is 0.360. The second-order valence-corrected chi connectivity index (χ2v) is 9.22. The summed E-state index contributed by atoms with van der Waals surface area (Å²) in [4.78, 5) is 38.4. The highest BCUT2D eigenvalue weighted by atomic mass is 16.7. The molecule has 0 spiro atoms. The summed E-state index contributed by atoms with van der Waals surface area (Å²) in [5.41, 5.74) is 0.697. The minimum Gasteiger partial charge on any atom is -0.399 e. The van der Waals surface area contributed by atoms with E-state index < -0.39 is 24.2 Å². The van der Waals surface area contributed by atoms with Gasteiger partial charge in [-0.05, 0) is 64.7 Å². The molecule has 1 aliphatic heterocycles. The lowest BCUT2D eigenvalue weighted by Crippen LogP contribution is -2.41. The monoisotopic (exact) mass is 463 g/mol. The van der Waals surface area contributed by atoms with Crippen LogP contribution >= 0.6 is 0 Å². The van der Waals surface area contributed by atoms with Crippen molar-refractivity contribution < 1.29 is 18.9 Å². The average molecular weight is 463 g/mol. The van der Waals surface area contributed by atoms with Crippen molar-refractivity contribution in [3.63, 3.8) is 0 Å². The summed E-state index contributed by atoms with van der Waals surface area (Å²) in [5, 5.41) is 7.49. The fourth-order valence-electron chi connectivity index (χ4n) is 3.60. The molecule has 0 saturated carbocycles. The Morgan fingerprint density at radius 1 is 1.21 bits per heavy atom. The number of amides is 2. The molecule has 0 unspecified atom stereocenters. The summed E-state index contributed by atoms with van der Waals surface area (Å²) in [6.07, 6.45) is 5.29. The van der Waals surface area contributed by atoms with E-state index in [2.05, 4.69) is 16.8 Å². The number of imide groups is 1. The second-order valence-electron chi connectivity index (χ2n) is 9.22. The van der Waals surface area contributed by atoms with E-state index in [0.29, 0.717) is 39.5 Å². The Hall–Kier alpha value is -3.30. The number of carbonyl (C=O) groups is 2. The zero-order valence-electron chi connectivity index (χ0n) is 20.5. The molecular formula is C25H30BN3O5. The van der Waals surface area contributed by atoms with Gasteiger partial charge in [0.05, 0.1) is 28.8 Å². The molecule has 1 aliphatic rings. The predicted octanol–water partition coefficient (Wildman–Crippen LogP) is 2.79. The maximum atomic E-state index is 13.1. The number of nitrogens with zero attached hydrogens (tertiary/aromatic N) is 2. The van der Waals surface area contributed by atoms with Crippen molar-refractivity contribution in [2.45, 2.75) is 59.3 Å². The quantitative estimate of drug-likeness (QED) is 0.293. The largest absolute Gasteiger partial charge is 0.494 e. The highest BCUT2D eigenvalue weighted by molar-refractivity contribution is 6.62. The topological polar surface area (TPSA) is 102 Å². The highest BCUT2D eigenvalue weighted by Gasteiger charge is 2.51. The van der Waals surface area contributed by atoms with Crippen LogP contribution in [0.5, 0.6) is 0 Å². The third-order valence-corrected chi connectivity index (χ3v) is 6.50. The van der Waals surface area contributed by atoms with Crippen LogP contribution in [0.2, 0.25) is 0 Å². The zero-order valence-corrected chi connectivity index (χ0v) is 20.5. The van der Waals surface area contributed by atoms with Gasteiger partial charge in [-0.1, -0.05) is 30.9 Å². The van der Waals surface area contributed by atoms with Crippen molar-refractivity contribution in [1.29, 1.82) is 0 Å². The second kappa shape index (κ2) is 9.52. The minimum atomic E-state index is -0.634. The van der Waals surface area contributed by atoms with Crippen LogP contribution in [-0.2, 0) is 25.4 Å². The Morgan fingerprint density at radius 2 is 1.85 bits per heavy atom. The molecule has 0 atom stereocenters. The Kier molecular flexibility index (Phi) is 7.09. The summed E-state index contributed by atoms with van der Waals surface area (Å²) >= 11 is 0. The molecule has 1 saturated heterocycles. The van der Waals surface area contributed by atoms with E-state index in [1.807, 2.05) is 27.7 Å². The molecule has 1 aromatic carbocycles. The summed E-state index contributed by atoms with van der Waals surface area (Å²) in [5.74, 6) is -0.492. The summed E-state index contributed by atoms with van der Waals surface area (Å²) in [6, 6.07) is 5.20. The van der Waals surface area contributed by atoms with Crippen LogP contribution in [0, 0.1) is 0 Å². The molecule has 3 rings (SSSR count). The molecule has 9 heteroatoms. The summed E-state index contributed by atoms with van der Waals surface area (Å²) < 4.78 is 12.3. The standard InChI is InChI=1S/C25H30BN3O5/c1-8-10-18(16(3)9-2)23(32)29(15-30)14-21-20-13-17(11-12-19(20)22(31)28-27-21)26-33-24(4,5)25(6,7)34-26/h8-13,15H,1,14H2,2-7H3,(H,28,31)/b16-9-,18-10+. The SMILES string of the molecule is C=C/C=C(C(=O)N(C=O)Cc1n[nH]c(=O)c2ccc(B3OC(C)(C)C(C)(C)O3)cc12)\C(C)=C/C. The lowest BCUT2D eigenvalue weighted by molar-refractivity contribution is -0.135. The third-order valence-electron chi connectivity index (χ3n) is 6.50. The molecule has 0 radical (unpaired) electrons. The molecule has 0 aliphatic carbocycles. The van der Waals surface area contributed by atoms with Crippen LogP contribution in [0.25, 0.3) is 10.8 Å². The van der Waals surface area contributed by atoms with Crippen LogP contribution in [0.15, 0.2) is 58.9 Å². The maximum Gasteiger partial charge on any atom is 0.494 e. The smallest absolute Gasteiger partial charge is 0.399 e. The summed E-state index contributed by atoms with van der Waals surface area (Å²) in [7, 11) is -0.634. The molecule has 0 bridgehead atoms. The lowest BCUT2D eigenvalue weighted by Gasteiger charge is -2.32. The Labute approximate surface area is 199 Å². The van der Waals surface area contributed by atoms with E-state index in [-0.39, 0.29) is 12.1 Å². The van der Waals surface area contributed by atoms with Gasteiger partial charge in [-0.25, -0.2) is 5.10 Å². The Balaban J connectivity index is 2.03. The van der Waals surface area contributed by atoms with Gasteiger partial charge in [-0.15, -0.1) is 0 Å². The molecule has 34 heavy (non-hydrogen) atoms. The molecule has 1 aromatic heterocycles. The number of benzene rings is 1. The molecule has 2 amide bonds. The van der Waals surface area contributed by atoms with Gasteiger partial charge in [0.15, 0.2) is 0 Å². The van der Waals surface area contributed by atoms with Crippen LogP contribution < -0.4 is 11.0 Å². The molecule has 8 nitrogen and oxygen atoms in total. The van der Waals surface area contributed by atoms with Crippen molar-refractivity contribution >= 4 is 35.7 Å². The molecular weight excluding hydrogens is 433 g/mol. The maximum absolute atomic E-state index is 13.1. The first-order chi connectivity index (χ1) is 16.0. The van der Waals surface area contributed by atoms with Crippen LogP contribution in [0.4, 0.5) is 0 Å². The Morgan fingerprint density at radius 3 is 2.41 bits per heavy atom. The van der Waals surface area contributed by atoms with Gasteiger partial charge in [0.2, 0.25) is 6.41 Å². The highest BCUT2D eigenvalue weighted by Crippen LogP contribution is 2.36. The number of nitrogens with one attached hydrogen (secondary N) is 1. The molecule has 1 fully saturated rings. The number of H-pyrrole nitrogens is 1. The minimum absolute atomic E-state index is 0.131. The number of rotatable bonds is 7. The van der Waals surface area contributed by atoms with Crippen molar-refractivity contribution in [3.05, 3.63) is 70.2 Å². The van der Waals surface area contributed by atoms with Crippen molar-refractivity contribution in [3.8, 4) is 0 Å². The van der Waals surface area contributed by atoms with Gasteiger partial charge in [0.25, 0.3) is 11.5 Å². The van der Waals surface area contributed by atoms with Crippen molar-refractivity contribution in [1.82, 2.24) is 15.1 Å². The van der Waals surface area contributed by atoms with Crippen molar-refractivity contribution in [2.75, 3.05) is 0 Å². The van der Waals surface area contributed by atoms with Crippen molar-refractivity contribution in [2.24, 2.45) is 0 Å². The van der Waals surface area contributed by atoms with Crippen LogP contribution in [-0.4, -0.2) is 45.7 Å². The lowest BCUT2D eigenvalue weighted by atomic mass is 9.78. The number of aromatic nitrogens is 2.